The van der Waals surface area contributed by atoms with Crippen molar-refractivity contribution in [2.24, 2.45) is 5.73 Å². The first-order valence-corrected chi connectivity index (χ1v) is 8.45. The molecule has 0 saturated carbocycles. The molecule has 1 amide bonds. The van der Waals surface area contributed by atoms with Crippen molar-refractivity contribution in [2.75, 3.05) is 6.54 Å². The van der Waals surface area contributed by atoms with Crippen LogP contribution in [0.15, 0.2) is 48.5 Å². The number of hydrogen-bond acceptors (Lipinski definition) is 3. The zero-order valence-corrected chi connectivity index (χ0v) is 14.0. The Bertz CT molecular complexity index is 697. The lowest BCUT2D eigenvalue weighted by atomic mass is 10.0. The van der Waals surface area contributed by atoms with Crippen LogP contribution in [0, 0.1) is 6.92 Å². The Morgan fingerprint density at radius 1 is 1.17 bits per heavy atom. The van der Waals surface area contributed by atoms with Gasteiger partial charge >= 0.3 is 0 Å². The Morgan fingerprint density at radius 3 is 2.67 bits per heavy atom. The van der Waals surface area contributed by atoms with E-state index in [4.69, 9.17) is 10.5 Å². The lowest BCUT2D eigenvalue weighted by molar-refractivity contribution is -0.132. The van der Waals surface area contributed by atoms with Crippen LogP contribution in [0.3, 0.4) is 0 Å². The normalized spacial score (nSPS) is 20.1. The van der Waals surface area contributed by atoms with E-state index in [1.54, 1.807) is 0 Å². The van der Waals surface area contributed by atoms with Crippen molar-refractivity contribution in [2.45, 2.75) is 38.5 Å². The molecular formula is C20H24N2O2. The quantitative estimate of drug-likeness (QED) is 0.889. The van der Waals surface area contributed by atoms with E-state index in [9.17, 15) is 4.79 Å². The van der Waals surface area contributed by atoms with Crippen molar-refractivity contribution in [3.8, 4) is 11.1 Å². The molecule has 0 bridgehead atoms. The smallest absolute Gasteiger partial charge is 0.249 e. The molecule has 126 valence electrons. The van der Waals surface area contributed by atoms with Crippen molar-refractivity contribution >= 4 is 5.91 Å². The van der Waals surface area contributed by atoms with Crippen molar-refractivity contribution < 1.29 is 9.53 Å². The molecule has 3 rings (SSSR count). The van der Waals surface area contributed by atoms with Crippen LogP contribution in [0.4, 0.5) is 0 Å². The summed E-state index contributed by atoms with van der Waals surface area (Å²) in [6.07, 6.45) is 1.26. The van der Waals surface area contributed by atoms with Gasteiger partial charge in [0.2, 0.25) is 5.91 Å². The maximum atomic E-state index is 12.2. The lowest BCUT2D eigenvalue weighted by Gasteiger charge is -2.13. The van der Waals surface area contributed by atoms with E-state index in [0.717, 1.165) is 24.0 Å². The molecule has 0 unspecified atom stereocenters. The highest BCUT2D eigenvalue weighted by Crippen LogP contribution is 2.22. The number of carbonyl (C=O) groups is 1. The lowest BCUT2D eigenvalue weighted by Crippen LogP contribution is -2.35. The van der Waals surface area contributed by atoms with Gasteiger partial charge < -0.3 is 15.8 Å². The van der Waals surface area contributed by atoms with Gasteiger partial charge in [-0.2, -0.15) is 0 Å². The van der Waals surface area contributed by atoms with Gasteiger partial charge in [-0.05, 0) is 42.5 Å². The second kappa shape index (κ2) is 7.60. The third kappa shape index (κ3) is 4.02. The molecule has 0 aromatic heterocycles. The van der Waals surface area contributed by atoms with E-state index in [2.05, 4.69) is 48.6 Å². The van der Waals surface area contributed by atoms with Gasteiger partial charge in [-0.1, -0.05) is 48.0 Å². The van der Waals surface area contributed by atoms with Crippen LogP contribution in [0.1, 0.15) is 24.0 Å². The molecule has 1 heterocycles. The predicted molar refractivity (Wildman–Crippen MR) is 95.4 cm³/mol. The number of nitrogens with one attached hydrogen (secondary N) is 1. The first-order valence-electron chi connectivity index (χ1n) is 8.45. The average molecular weight is 324 g/mol. The predicted octanol–water partition coefficient (Wildman–Crippen LogP) is 2.78. The molecule has 0 spiro atoms. The van der Waals surface area contributed by atoms with Crippen molar-refractivity contribution in [1.29, 1.82) is 0 Å². The van der Waals surface area contributed by atoms with Gasteiger partial charge in [-0.15, -0.1) is 0 Å². The van der Waals surface area contributed by atoms with Crippen LogP contribution >= 0.6 is 0 Å². The first kappa shape index (κ1) is 16.7. The molecule has 3 N–H and O–H groups in total. The summed E-state index contributed by atoms with van der Waals surface area (Å²) in [5.41, 5.74) is 10.2. The molecule has 24 heavy (non-hydrogen) atoms. The highest BCUT2D eigenvalue weighted by atomic mass is 16.5. The van der Waals surface area contributed by atoms with Gasteiger partial charge in [0.05, 0.1) is 6.10 Å². The second-order valence-corrected chi connectivity index (χ2v) is 6.34. The molecule has 2 aromatic carbocycles. The zero-order chi connectivity index (χ0) is 16.9. The maximum Gasteiger partial charge on any atom is 0.249 e. The topological polar surface area (TPSA) is 64.4 Å². The molecule has 0 radical (unpaired) electrons. The van der Waals surface area contributed by atoms with Gasteiger partial charge in [0.25, 0.3) is 0 Å². The summed E-state index contributed by atoms with van der Waals surface area (Å²) in [6.45, 7) is 3.06. The number of ether oxygens (including phenoxy) is 1. The third-order valence-corrected chi connectivity index (χ3v) is 4.44. The molecule has 0 aliphatic carbocycles. The Kier molecular flexibility index (Phi) is 5.28. The fourth-order valence-corrected chi connectivity index (χ4v) is 2.98. The maximum absolute atomic E-state index is 12.2. The van der Waals surface area contributed by atoms with E-state index < -0.39 is 0 Å². The molecule has 1 aliphatic heterocycles. The number of hydrogen-bond donors (Lipinski definition) is 2. The third-order valence-electron chi connectivity index (χ3n) is 4.44. The average Bonchev–Trinajstić information content (AvgIpc) is 3.10. The van der Waals surface area contributed by atoms with E-state index in [1.807, 2.05) is 12.1 Å². The summed E-state index contributed by atoms with van der Waals surface area (Å²) >= 11 is 0. The van der Waals surface area contributed by atoms with Crippen LogP contribution < -0.4 is 11.1 Å². The number of aryl methyl sites for hydroxylation is 1. The van der Waals surface area contributed by atoms with Gasteiger partial charge in [0, 0.05) is 13.1 Å². The summed E-state index contributed by atoms with van der Waals surface area (Å²) < 4.78 is 5.63. The Balaban J connectivity index is 1.61. The highest BCUT2D eigenvalue weighted by molar-refractivity contribution is 5.81. The molecular weight excluding hydrogens is 300 g/mol. The Morgan fingerprint density at radius 2 is 1.96 bits per heavy atom. The molecule has 2 aromatic rings. The first-order chi connectivity index (χ1) is 11.7. The van der Waals surface area contributed by atoms with Crippen molar-refractivity contribution in [3.05, 3.63) is 59.7 Å². The minimum absolute atomic E-state index is 0.0191. The Labute approximate surface area is 143 Å². The van der Waals surface area contributed by atoms with Crippen LogP contribution in [-0.4, -0.2) is 24.7 Å². The van der Waals surface area contributed by atoms with E-state index in [1.165, 1.54) is 11.1 Å². The van der Waals surface area contributed by atoms with Crippen molar-refractivity contribution in [3.63, 3.8) is 0 Å². The number of carbonyl (C=O) groups excluding carboxylic acids is 1. The van der Waals surface area contributed by atoms with Crippen LogP contribution in [-0.2, 0) is 16.1 Å². The van der Waals surface area contributed by atoms with Crippen LogP contribution in [0.5, 0.6) is 0 Å². The largest absolute Gasteiger partial charge is 0.364 e. The van der Waals surface area contributed by atoms with Crippen LogP contribution in [0.2, 0.25) is 0 Å². The zero-order valence-electron chi connectivity index (χ0n) is 14.0. The monoisotopic (exact) mass is 324 g/mol. The molecule has 1 aliphatic rings. The highest BCUT2D eigenvalue weighted by Gasteiger charge is 2.29. The van der Waals surface area contributed by atoms with Crippen LogP contribution in [0.25, 0.3) is 11.1 Å². The number of nitrogens with two attached hydrogens (primary N) is 1. The minimum atomic E-state index is -0.362. The fraction of sp³-hybridized carbons (Fsp3) is 0.350. The number of rotatable bonds is 5. The summed E-state index contributed by atoms with van der Waals surface area (Å²) in [7, 11) is 0. The van der Waals surface area contributed by atoms with Gasteiger partial charge in [0.15, 0.2) is 0 Å². The molecule has 4 nitrogen and oxygen atoms in total. The van der Waals surface area contributed by atoms with Gasteiger partial charge in [-0.3, -0.25) is 4.79 Å². The fourth-order valence-electron chi connectivity index (χ4n) is 2.98. The van der Waals surface area contributed by atoms with Gasteiger partial charge in [0.1, 0.15) is 6.10 Å². The van der Waals surface area contributed by atoms with E-state index in [0.29, 0.717) is 13.1 Å². The molecule has 4 heteroatoms. The SMILES string of the molecule is Cc1ccc(-c2cccc(CNC(=O)[C@@H]3CC[C@H](CN)O3)c2)cc1. The summed E-state index contributed by atoms with van der Waals surface area (Å²) in [5.74, 6) is -0.0494. The van der Waals surface area contributed by atoms with E-state index in [-0.39, 0.29) is 18.1 Å². The van der Waals surface area contributed by atoms with Crippen molar-refractivity contribution in [1.82, 2.24) is 5.32 Å². The summed E-state index contributed by atoms with van der Waals surface area (Å²) in [4.78, 5) is 12.2. The minimum Gasteiger partial charge on any atom is -0.364 e. The van der Waals surface area contributed by atoms with E-state index >= 15 is 0 Å². The number of benzene rings is 2. The molecule has 1 saturated heterocycles. The summed E-state index contributed by atoms with van der Waals surface area (Å²) in [6, 6.07) is 16.7. The van der Waals surface area contributed by atoms with Gasteiger partial charge in [-0.25, -0.2) is 0 Å². The molecule has 2 atom stereocenters. The Hall–Kier alpha value is -2.17. The standard InChI is InChI=1S/C20H24N2O2/c1-14-5-7-16(8-6-14)17-4-2-3-15(11-17)13-22-20(23)19-10-9-18(12-21)24-19/h2-8,11,18-19H,9-10,12-13,21H2,1H3,(H,22,23)/t18-,19+/m1/s1. The second-order valence-electron chi connectivity index (χ2n) is 6.34. The molecule has 1 fully saturated rings. The number of amides is 1. The summed E-state index contributed by atoms with van der Waals surface area (Å²) in [5, 5.41) is 2.97.